The number of anilines is 1. The summed E-state index contributed by atoms with van der Waals surface area (Å²) in [5.74, 6) is -0.0463. The van der Waals surface area contributed by atoms with Gasteiger partial charge in [-0.3, -0.25) is 0 Å². The van der Waals surface area contributed by atoms with E-state index in [4.69, 9.17) is 5.26 Å². The smallest absolute Gasteiger partial charge is 0.147 e. The quantitative estimate of drug-likeness (QED) is 0.886. The molecule has 2 rings (SSSR count). The Hall–Kier alpha value is -1.86. The molecular formula is C15H15FN2S. The number of hydrogen-bond donors (Lipinski definition) is 1. The SMILES string of the molecule is CC(C)C(Nc1ccc(C#N)cc1F)c1cccs1. The first-order valence-electron chi connectivity index (χ1n) is 6.11. The van der Waals surface area contributed by atoms with Crippen LogP contribution in [-0.4, -0.2) is 0 Å². The van der Waals surface area contributed by atoms with Crippen molar-refractivity contribution in [2.75, 3.05) is 5.32 Å². The van der Waals surface area contributed by atoms with Gasteiger partial charge >= 0.3 is 0 Å². The summed E-state index contributed by atoms with van der Waals surface area (Å²) in [6, 6.07) is 10.5. The molecule has 0 aliphatic carbocycles. The summed E-state index contributed by atoms with van der Waals surface area (Å²) >= 11 is 1.65. The summed E-state index contributed by atoms with van der Waals surface area (Å²) in [7, 11) is 0. The number of thiophene rings is 1. The van der Waals surface area contributed by atoms with Crippen LogP contribution >= 0.6 is 11.3 Å². The van der Waals surface area contributed by atoms with Gasteiger partial charge in [-0.15, -0.1) is 11.3 Å². The molecule has 2 aromatic rings. The molecule has 1 heterocycles. The second kappa shape index (κ2) is 5.85. The van der Waals surface area contributed by atoms with Crippen molar-refractivity contribution in [1.29, 1.82) is 5.26 Å². The van der Waals surface area contributed by atoms with E-state index in [0.717, 1.165) is 0 Å². The first-order chi connectivity index (χ1) is 9.11. The number of benzene rings is 1. The molecule has 4 heteroatoms. The lowest BCUT2D eigenvalue weighted by Crippen LogP contribution is -2.16. The van der Waals surface area contributed by atoms with Gasteiger partial charge in [-0.2, -0.15) is 5.26 Å². The lowest BCUT2D eigenvalue weighted by Gasteiger charge is -2.22. The molecule has 0 saturated carbocycles. The average Bonchev–Trinajstić information content (AvgIpc) is 2.90. The van der Waals surface area contributed by atoms with Gasteiger partial charge in [0.05, 0.1) is 23.4 Å². The molecule has 2 nitrogen and oxygen atoms in total. The van der Waals surface area contributed by atoms with Gasteiger partial charge in [-0.25, -0.2) is 4.39 Å². The van der Waals surface area contributed by atoms with Crippen molar-refractivity contribution >= 4 is 17.0 Å². The molecule has 98 valence electrons. The van der Waals surface area contributed by atoms with Gasteiger partial charge in [0, 0.05) is 4.88 Å². The molecule has 0 fully saturated rings. The number of rotatable bonds is 4. The van der Waals surface area contributed by atoms with E-state index in [0.29, 0.717) is 17.2 Å². The van der Waals surface area contributed by atoms with Gasteiger partial charge in [0.25, 0.3) is 0 Å². The largest absolute Gasteiger partial charge is 0.375 e. The monoisotopic (exact) mass is 274 g/mol. The molecule has 0 radical (unpaired) electrons. The number of nitrogens with one attached hydrogen (secondary N) is 1. The van der Waals surface area contributed by atoms with Crippen LogP contribution in [0.4, 0.5) is 10.1 Å². The van der Waals surface area contributed by atoms with Crippen molar-refractivity contribution in [3.63, 3.8) is 0 Å². The van der Waals surface area contributed by atoms with E-state index in [-0.39, 0.29) is 11.9 Å². The lowest BCUT2D eigenvalue weighted by molar-refractivity contribution is 0.546. The van der Waals surface area contributed by atoms with Gasteiger partial charge in [0.2, 0.25) is 0 Å². The predicted octanol–water partition coefficient (Wildman–Crippen LogP) is 4.57. The van der Waals surface area contributed by atoms with Crippen molar-refractivity contribution in [1.82, 2.24) is 0 Å². The maximum absolute atomic E-state index is 13.9. The highest BCUT2D eigenvalue weighted by Gasteiger charge is 2.18. The van der Waals surface area contributed by atoms with E-state index in [9.17, 15) is 4.39 Å². The van der Waals surface area contributed by atoms with Gasteiger partial charge in [-0.05, 0) is 35.6 Å². The van der Waals surface area contributed by atoms with Gasteiger partial charge in [0.15, 0.2) is 0 Å². The second-order valence-electron chi connectivity index (χ2n) is 4.69. The highest BCUT2D eigenvalue weighted by atomic mass is 32.1. The predicted molar refractivity (Wildman–Crippen MR) is 76.6 cm³/mol. The molecular weight excluding hydrogens is 259 g/mol. The van der Waals surface area contributed by atoms with Crippen LogP contribution in [0.25, 0.3) is 0 Å². The topological polar surface area (TPSA) is 35.8 Å². The van der Waals surface area contributed by atoms with Gasteiger partial charge in [-0.1, -0.05) is 19.9 Å². The Morgan fingerprint density at radius 1 is 1.32 bits per heavy atom. The molecule has 19 heavy (non-hydrogen) atoms. The minimum Gasteiger partial charge on any atom is -0.375 e. The summed E-state index contributed by atoms with van der Waals surface area (Å²) in [4.78, 5) is 1.18. The van der Waals surface area contributed by atoms with Crippen LogP contribution in [0.1, 0.15) is 30.3 Å². The van der Waals surface area contributed by atoms with E-state index in [1.54, 1.807) is 23.5 Å². The standard InChI is InChI=1S/C15H15FN2S/c1-10(2)15(14-4-3-7-19-14)18-13-6-5-11(9-17)8-12(13)16/h3-8,10,15,18H,1-2H3. The van der Waals surface area contributed by atoms with Crippen LogP contribution in [0.15, 0.2) is 35.7 Å². The average molecular weight is 274 g/mol. The molecule has 0 spiro atoms. The Morgan fingerprint density at radius 2 is 2.11 bits per heavy atom. The molecule has 1 aromatic carbocycles. The maximum Gasteiger partial charge on any atom is 0.147 e. The molecule has 0 amide bonds. The number of nitriles is 1. The summed E-state index contributed by atoms with van der Waals surface area (Å²) in [6.07, 6.45) is 0. The van der Waals surface area contributed by atoms with Crippen LogP contribution in [0.3, 0.4) is 0 Å². The van der Waals surface area contributed by atoms with E-state index in [2.05, 4.69) is 19.2 Å². The third-order valence-corrected chi connectivity index (χ3v) is 3.88. The fraction of sp³-hybridized carbons (Fsp3) is 0.267. The lowest BCUT2D eigenvalue weighted by atomic mass is 10.0. The first kappa shape index (κ1) is 13.6. The Balaban J connectivity index is 2.26. The molecule has 0 saturated heterocycles. The zero-order chi connectivity index (χ0) is 13.8. The molecule has 1 aromatic heterocycles. The van der Waals surface area contributed by atoms with Crippen LogP contribution in [0.2, 0.25) is 0 Å². The number of hydrogen-bond acceptors (Lipinski definition) is 3. The minimum absolute atomic E-state index is 0.0717. The molecule has 1 N–H and O–H groups in total. The van der Waals surface area contributed by atoms with E-state index in [1.165, 1.54) is 10.9 Å². The Labute approximate surface area is 116 Å². The fourth-order valence-electron chi connectivity index (χ4n) is 1.90. The minimum atomic E-state index is -0.388. The van der Waals surface area contributed by atoms with E-state index < -0.39 is 0 Å². The highest BCUT2D eigenvalue weighted by Crippen LogP contribution is 2.30. The summed E-state index contributed by atoms with van der Waals surface area (Å²) < 4.78 is 13.9. The van der Waals surface area contributed by atoms with Crippen LogP contribution in [-0.2, 0) is 0 Å². The molecule has 0 bridgehead atoms. The highest BCUT2D eigenvalue weighted by molar-refractivity contribution is 7.10. The van der Waals surface area contributed by atoms with Crippen LogP contribution < -0.4 is 5.32 Å². The normalized spacial score (nSPS) is 12.2. The van der Waals surface area contributed by atoms with Crippen LogP contribution in [0.5, 0.6) is 0 Å². The van der Waals surface area contributed by atoms with Crippen molar-refractivity contribution in [2.24, 2.45) is 5.92 Å². The van der Waals surface area contributed by atoms with Crippen molar-refractivity contribution in [3.8, 4) is 6.07 Å². The molecule has 1 unspecified atom stereocenters. The maximum atomic E-state index is 13.9. The summed E-state index contributed by atoms with van der Waals surface area (Å²) in [5.41, 5.74) is 0.770. The van der Waals surface area contributed by atoms with Crippen molar-refractivity contribution in [3.05, 3.63) is 52.0 Å². The molecule has 0 aliphatic heterocycles. The van der Waals surface area contributed by atoms with E-state index >= 15 is 0 Å². The number of halogens is 1. The van der Waals surface area contributed by atoms with Crippen molar-refractivity contribution in [2.45, 2.75) is 19.9 Å². The first-order valence-corrected chi connectivity index (χ1v) is 6.99. The summed E-state index contributed by atoms with van der Waals surface area (Å²) in [5, 5.41) is 14.0. The van der Waals surface area contributed by atoms with Crippen molar-refractivity contribution < 1.29 is 4.39 Å². The fourth-order valence-corrected chi connectivity index (χ4v) is 2.85. The molecule has 0 aliphatic rings. The zero-order valence-corrected chi connectivity index (χ0v) is 11.7. The molecule has 1 atom stereocenters. The van der Waals surface area contributed by atoms with Gasteiger partial charge in [0.1, 0.15) is 5.82 Å². The number of nitrogens with zero attached hydrogens (tertiary/aromatic N) is 1. The van der Waals surface area contributed by atoms with E-state index in [1.807, 2.05) is 23.6 Å². The summed E-state index contributed by atoms with van der Waals surface area (Å²) in [6.45, 7) is 4.19. The Bertz CT molecular complexity index is 585. The second-order valence-corrected chi connectivity index (χ2v) is 5.67. The Morgan fingerprint density at radius 3 is 2.63 bits per heavy atom. The zero-order valence-electron chi connectivity index (χ0n) is 10.9. The third-order valence-electron chi connectivity index (χ3n) is 2.93. The van der Waals surface area contributed by atoms with Gasteiger partial charge < -0.3 is 5.32 Å². The third kappa shape index (κ3) is 3.12. The Kier molecular flexibility index (Phi) is 4.18. The van der Waals surface area contributed by atoms with Crippen LogP contribution in [0, 0.1) is 23.1 Å².